The topological polar surface area (TPSA) is 97.4 Å². The Balaban J connectivity index is 2.08. The summed E-state index contributed by atoms with van der Waals surface area (Å²) in [5.74, 6) is 5.33. The minimum absolute atomic E-state index is 0.162. The number of esters is 2. The van der Waals surface area contributed by atoms with Gasteiger partial charge in [-0.25, -0.2) is 0 Å². The Hall–Kier alpha value is -2.51. The van der Waals surface area contributed by atoms with E-state index in [1.807, 2.05) is 51.1 Å². The molecule has 1 saturated heterocycles. The minimum atomic E-state index is -2.53. The van der Waals surface area contributed by atoms with Crippen LogP contribution in [0.25, 0.3) is 0 Å². The van der Waals surface area contributed by atoms with Gasteiger partial charge in [0.2, 0.25) is 5.78 Å². The van der Waals surface area contributed by atoms with Crippen molar-refractivity contribution >= 4 is 26.0 Å². The Morgan fingerprint density at radius 2 is 1.45 bits per heavy atom. The van der Waals surface area contributed by atoms with Gasteiger partial charge in [-0.2, -0.15) is 0 Å². The summed E-state index contributed by atoms with van der Waals surface area (Å²) in [5.41, 5.74) is -0.498. The summed E-state index contributed by atoms with van der Waals surface area (Å²) in [7, 11) is -2.53. The van der Waals surface area contributed by atoms with E-state index in [1.165, 1.54) is 6.42 Å². The Bertz CT molecular complexity index is 1300. The molecule has 5 atom stereocenters. The van der Waals surface area contributed by atoms with E-state index in [0.29, 0.717) is 12.8 Å². The lowest BCUT2D eigenvalue weighted by Crippen LogP contribution is -2.65. The number of rotatable bonds is 11. The monoisotopic (exact) mass is 698 g/mol. The van der Waals surface area contributed by atoms with Crippen LogP contribution >= 0.6 is 0 Å². The van der Waals surface area contributed by atoms with Crippen molar-refractivity contribution in [2.24, 2.45) is 16.7 Å². The van der Waals surface area contributed by atoms with Gasteiger partial charge in [0.25, 0.3) is 0 Å². The van der Waals surface area contributed by atoms with Crippen molar-refractivity contribution in [2.75, 3.05) is 6.61 Å². The molecule has 274 valence electrons. The maximum Gasteiger partial charge on any atom is 0.311 e. The van der Waals surface area contributed by atoms with Gasteiger partial charge in [-0.05, 0) is 96.8 Å². The standard InChI is InChI=1S/C40H62O8Si/c1-38(2,3)36(42)44-26-18-23-31-33(47-37(43)39(4,5)6)34(45-27-29-21-16-13-17-22-29)35(48-49(10,11)40(7,8)9)32(46-31)30(41)25-24-28-19-14-12-15-20-28/h13,16-17,21-22,28,31-35H,12,14-15,18-20,23,26-27H2,1-11H3/t31-,32-,33-,34+,35-/m0/s1. The smallest absolute Gasteiger partial charge is 0.311 e. The fourth-order valence-corrected chi connectivity index (χ4v) is 6.85. The highest BCUT2D eigenvalue weighted by Gasteiger charge is 2.54. The Kier molecular flexibility index (Phi) is 14.3. The van der Waals surface area contributed by atoms with Gasteiger partial charge in [-0.15, -0.1) is 0 Å². The molecule has 9 heteroatoms. The van der Waals surface area contributed by atoms with Crippen LogP contribution in [0.1, 0.15) is 113 Å². The maximum absolute atomic E-state index is 14.2. The maximum atomic E-state index is 14.2. The first-order chi connectivity index (χ1) is 22.7. The number of hydrogen-bond acceptors (Lipinski definition) is 8. The van der Waals surface area contributed by atoms with E-state index in [9.17, 15) is 14.4 Å². The van der Waals surface area contributed by atoms with Crippen molar-refractivity contribution in [3.8, 4) is 11.8 Å². The van der Waals surface area contributed by atoms with E-state index in [1.54, 1.807) is 20.8 Å². The van der Waals surface area contributed by atoms with Crippen LogP contribution in [0, 0.1) is 28.6 Å². The van der Waals surface area contributed by atoms with Gasteiger partial charge >= 0.3 is 11.9 Å². The number of hydrogen-bond donors (Lipinski definition) is 0. The van der Waals surface area contributed by atoms with Crippen molar-refractivity contribution in [3.05, 3.63) is 35.9 Å². The molecule has 1 aliphatic heterocycles. The second-order valence-electron chi connectivity index (χ2n) is 17.3. The second kappa shape index (κ2) is 17.1. The Labute approximate surface area is 296 Å². The lowest BCUT2D eigenvalue weighted by Gasteiger charge is -2.49. The molecule has 2 fully saturated rings. The van der Waals surface area contributed by atoms with E-state index in [0.717, 1.165) is 31.2 Å². The van der Waals surface area contributed by atoms with Gasteiger partial charge < -0.3 is 23.4 Å². The third-order valence-corrected chi connectivity index (χ3v) is 14.2. The first-order valence-corrected chi connectivity index (χ1v) is 21.0. The van der Waals surface area contributed by atoms with E-state index < -0.39 is 55.6 Å². The van der Waals surface area contributed by atoms with Gasteiger partial charge in [-0.3, -0.25) is 14.4 Å². The van der Waals surface area contributed by atoms with Crippen LogP contribution in [0.2, 0.25) is 18.1 Å². The SMILES string of the molecule is CC(C)(C)C(=O)OCCC[C@@H]1O[C@@H](C(=O)C#CC2CCCCC2)[C@H](O[Si](C)(C)C(C)(C)C)[C@H](OCc2ccccc2)[C@H]1OC(=O)C(C)(C)C. The van der Waals surface area contributed by atoms with Crippen LogP contribution in [0.15, 0.2) is 30.3 Å². The third-order valence-electron chi connectivity index (χ3n) is 9.75. The highest BCUT2D eigenvalue weighted by molar-refractivity contribution is 6.74. The van der Waals surface area contributed by atoms with Gasteiger partial charge in [0.1, 0.15) is 12.2 Å². The molecule has 1 aromatic carbocycles. The summed E-state index contributed by atoms with van der Waals surface area (Å²) >= 11 is 0. The zero-order valence-electron chi connectivity index (χ0n) is 32.0. The van der Waals surface area contributed by atoms with E-state index >= 15 is 0 Å². The average Bonchev–Trinajstić information content (AvgIpc) is 3.01. The summed E-state index contributed by atoms with van der Waals surface area (Å²) in [6.45, 7) is 21.9. The molecule has 3 rings (SSSR count). The van der Waals surface area contributed by atoms with E-state index in [2.05, 4.69) is 45.7 Å². The largest absolute Gasteiger partial charge is 0.465 e. The molecule has 49 heavy (non-hydrogen) atoms. The molecule has 0 unspecified atom stereocenters. The molecular formula is C40H62O8Si. The molecule has 0 spiro atoms. The van der Waals surface area contributed by atoms with Crippen LogP contribution in [0.4, 0.5) is 0 Å². The number of ketones is 1. The molecule has 1 saturated carbocycles. The summed E-state index contributed by atoms with van der Waals surface area (Å²) in [5, 5.41) is -0.191. The molecule has 0 aromatic heterocycles. The van der Waals surface area contributed by atoms with Crippen molar-refractivity contribution < 1.29 is 37.8 Å². The third kappa shape index (κ3) is 12.1. The normalized spacial score (nSPS) is 24.0. The van der Waals surface area contributed by atoms with Crippen molar-refractivity contribution in [1.29, 1.82) is 0 Å². The first kappa shape index (κ1) is 40.9. The Morgan fingerprint density at radius 1 is 0.837 bits per heavy atom. The van der Waals surface area contributed by atoms with Crippen LogP contribution in [0.3, 0.4) is 0 Å². The summed E-state index contributed by atoms with van der Waals surface area (Å²) in [6.07, 6.45) is 1.81. The molecule has 0 N–H and O–H groups in total. The number of Topliss-reactive ketones (excluding diaryl/α,β-unsaturated/α-hetero) is 1. The van der Waals surface area contributed by atoms with Crippen LogP contribution in [-0.4, -0.2) is 63.2 Å². The minimum Gasteiger partial charge on any atom is -0.465 e. The molecule has 0 radical (unpaired) electrons. The van der Waals surface area contributed by atoms with Crippen LogP contribution in [-0.2, 0) is 44.4 Å². The van der Waals surface area contributed by atoms with Gasteiger partial charge in [0.15, 0.2) is 20.5 Å². The van der Waals surface area contributed by atoms with E-state index in [-0.39, 0.29) is 35.9 Å². The van der Waals surface area contributed by atoms with E-state index in [4.69, 9.17) is 23.4 Å². The molecule has 0 bridgehead atoms. The summed E-state index contributed by atoms with van der Waals surface area (Å²) in [6, 6.07) is 9.77. The van der Waals surface area contributed by atoms with Gasteiger partial charge in [0, 0.05) is 5.92 Å². The van der Waals surface area contributed by atoms with Crippen LogP contribution < -0.4 is 0 Å². The predicted molar refractivity (Wildman–Crippen MR) is 194 cm³/mol. The summed E-state index contributed by atoms with van der Waals surface area (Å²) in [4.78, 5) is 40.2. The number of carbonyl (C=O) groups excluding carboxylic acids is 3. The highest BCUT2D eigenvalue weighted by Crippen LogP contribution is 2.41. The molecular weight excluding hydrogens is 637 g/mol. The zero-order valence-corrected chi connectivity index (χ0v) is 33.0. The first-order valence-electron chi connectivity index (χ1n) is 18.1. The van der Waals surface area contributed by atoms with Crippen molar-refractivity contribution in [2.45, 2.75) is 163 Å². The lowest BCUT2D eigenvalue weighted by molar-refractivity contribution is -0.242. The van der Waals surface area contributed by atoms with Crippen molar-refractivity contribution in [3.63, 3.8) is 0 Å². The molecule has 1 heterocycles. The van der Waals surface area contributed by atoms with Gasteiger partial charge in [0.05, 0.1) is 30.1 Å². The zero-order chi connectivity index (χ0) is 36.6. The molecule has 2 aliphatic rings. The predicted octanol–water partition coefficient (Wildman–Crippen LogP) is 8.21. The highest BCUT2D eigenvalue weighted by atomic mass is 28.4. The molecule has 0 amide bonds. The number of benzene rings is 1. The van der Waals surface area contributed by atoms with Gasteiger partial charge in [-0.1, -0.05) is 76.3 Å². The molecule has 1 aromatic rings. The quantitative estimate of drug-likeness (QED) is 0.0750. The number of carbonyl (C=O) groups is 3. The lowest BCUT2D eigenvalue weighted by atomic mass is 9.88. The summed E-state index contributed by atoms with van der Waals surface area (Å²) < 4.78 is 32.3. The number of ether oxygens (including phenoxy) is 4. The fraction of sp³-hybridized carbons (Fsp3) is 0.725. The second-order valence-corrected chi connectivity index (χ2v) is 22.1. The molecule has 8 nitrogen and oxygen atoms in total. The molecule has 1 aliphatic carbocycles. The van der Waals surface area contributed by atoms with Crippen LogP contribution in [0.5, 0.6) is 0 Å². The fourth-order valence-electron chi connectivity index (χ4n) is 5.56. The Morgan fingerprint density at radius 3 is 2.02 bits per heavy atom. The average molecular weight is 699 g/mol. The van der Waals surface area contributed by atoms with Crippen molar-refractivity contribution in [1.82, 2.24) is 0 Å².